The molecule has 0 spiro atoms. The number of nitrogens with zero attached hydrogens (tertiary/aromatic N) is 2. The normalized spacial score (nSPS) is 23.4. The van der Waals surface area contributed by atoms with E-state index < -0.39 is 0 Å². The van der Waals surface area contributed by atoms with E-state index in [0.29, 0.717) is 17.6 Å². The number of amides is 1. The van der Waals surface area contributed by atoms with Crippen LogP contribution in [0.1, 0.15) is 30.3 Å². The zero-order chi connectivity index (χ0) is 11.5. The highest BCUT2D eigenvalue weighted by atomic mass is 16.1. The van der Waals surface area contributed by atoms with E-state index in [0.717, 1.165) is 18.8 Å². The zero-order valence-electron chi connectivity index (χ0n) is 9.53. The molecule has 1 saturated carbocycles. The molecule has 0 saturated heterocycles. The van der Waals surface area contributed by atoms with Gasteiger partial charge in [-0.05, 0) is 18.8 Å². The second-order valence-electron chi connectivity index (χ2n) is 4.28. The van der Waals surface area contributed by atoms with Crippen LogP contribution >= 0.6 is 0 Å². The van der Waals surface area contributed by atoms with E-state index in [1.165, 1.54) is 6.20 Å². The summed E-state index contributed by atoms with van der Waals surface area (Å²) in [5.41, 5.74) is 0.374. The molecule has 0 aromatic carbocycles. The van der Waals surface area contributed by atoms with Crippen molar-refractivity contribution in [3.8, 4) is 0 Å². The Morgan fingerprint density at radius 1 is 1.38 bits per heavy atom. The zero-order valence-corrected chi connectivity index (χ0v) is 9.53. The molecular weight excluding hydrogens is 204 g/mol. The van der Waals surface area contributed by atoms with E-state index in [1.807, 2.05) is 0 Å². The van der Waals surface area contributed by atoms with Gasteiger partial charge in [-0.3, -0.25) is 4.79 Å². The van der Waals surface area contributed by atoms with Crippen LogP contribution in [0, 0.1) is 5.92 Å². The smallest absolute Gasteiger partial charge is 0.271 e. The van der Waals surface area contributed by atoms with Crippen LogP contribution in [0.15, 0.2) is 12.4 Å². The molecule has 0 bridgehead atoms. The van der Waals surface area contributed by atoms with Gasteiger partial charge < -0.3 is 10.6 Å². The Balaban J connectivity index is 1.93. The molecule has 0 unspecified atom stereocenters. The summed E-state index contributed by atoms with van der Waals surface area (Å²) < 4.78 is 0. The van der Waals surface area contributed by atoms with Gasteiger partial charge in [0.2, 0.25) is 0 Å². The fourth-order valence-corrected chi connectivity index (χ4v) is 1.85. The Morgan fingerprint density at radius 2 is 2.12 bits per heavy atom. The molecule has 1 aromatic heterocycles. The average molecular weight is 220 g/mol. The van der Waals surface area contributed by atoms with Crippen LogP contribution in [0.3, 0.4) is 0 Å². The number of carbonyl (C=O) groups excluding carboxylic acids is 1. The lowest BCUT2D eigenvalue weighted by atomic mass is 9.82. The highest BCUT2D eigenvalue weighted by Gasteiger charge is 2.27. The first-order valence-electron chi connectivity index (χ1n) is 5.49. The number of hydrogen-bond donors (Lipinski definition) is 2. The van der Waals surface area contributed by atoms with Gasteiger partial charge >= 0.3 is 0 Å². The molecule has 2 N–H and O–H groups in total. The topological polar surface area (TPSA) is 66.9 Å². The molecule has 0 radical (unpaired) electrons. The minimum absolute atomic E-state index is 0.132. The van der Waals surface area contributed by atoms with Gasteiger partial charge in [-0.2, -0.15) is 0 Å². The van der Waals surface area contributed by atoms with Crippen molar-refractivity contribution in [1.29, 1.82) is 0 Å². The van der Waals surface area contributed by atoms with Crippen molar-refractivity contribution < 1.29 is 4.79 Å². The fourth-order valence-electron chi connectivity index (χ4n) is 1.85. The van der Waals surface area contributed by atoms with Gasteiger partial charge in [0.05, 0.1) is 12.4 Å². The maximum atomic E-state index is 11.7. The van der Waals surface area contributed by atoms with Crippen LogP contribution in [0.2, 0.25) is 0 Å². The van der Waals surface area contributed by atoms with Crippen LogP contribution in [-0.2, 0) is 0 Å². The number of rotatable bonds is 3. The average Bonchev–Trinajstić information content (AvgIpc) is 2.27. The monoisotopic (exact) mass is 220 g/mol. The predicted octanol–water partition coefficient (Wildman–Crippen LogP) is 1.05. The molecule has 1 fully saturated rings. The maximum absolute atomic E-state index is 11.7. The third-order valence-corrected chi connectivity index (χ3v) is 2.85. The second kappa shape index (κ2) is 4.47. The number of aromatic nitrogens is 2. The summed E-state index contributed by atoms with van der Waals surface area (Å²) in [7, 11) is 1.76. The van der Waals surface area contributed by atoms with Crippen LogP contribution < -0.4 is 10.6 Å². The highest BCUT2D eigenvalue weighted by Crippen LogP contribution is 2.26. The lowest BCUT2D eigenvalue weighted by molar-refractivity contribution is 0.0890. The minimum Gasteiger partial charge on any atom is -0.372 e. The van der Waals surface area contributed by atoms with Gasteiger partial charge in [-0.15, -0.1) is 0 Å². The van der Waals surface area contributed by atoms with Crippen molar-refractivity contribution >= 4 is 11.7 Å². The van der Waals surface area contributed by atoms with E-state index >= 15 is 0 Å². The van der Waals surface area contributed by atoms with Crippen LogP contribution in [0.5, 0.6) is 0 Å². The molecule has 1 heterocycles. The standard InChI is InChI=1S/C11H16N4O/c1-7-3-8(4-7)15-11(16)9-5-14-10(12-2)6-13-9/h5-8H,3-4H2,1-2H3,(H,12,14)(H,15,16). The molecule has 1 aromatic rings. The molecule has 1 aliphatic carbocycles. The highest BCUT2D eigenvalue weighted by molar-refractivity contribution is 5.92. The van der Waals surface area contributed by atoms with Gasteiger partial charge in [0.1, 0.15) is 11.5 Å². The van der Waals surface area contributed by atoms with Crippen molar-refractivity contribution in [2.75, 3.05) is 12.4 Å². The van der Waals surface area contributed by atoms with Crippen molar-refractivity contribution in [1.82, 2.24) is 15.3 Å². The van der Waals surface area contributed by atoms with Crippen LogP contribution in [-0.4, -0.2) is 29.0 Å². The fraction of sp³-hybridized carbons (Fsp3) is 0.545. The maximum Gasteiger partial charge on any atom is 0.271 e. The predicted molar refractivity (Wildman–Crippen MR) is 61.2 cm³/mol. The SMILES string of the molecule is CNc1cnc(C(=O)NC2CC(C)C2)cn1. The van der Waals surface area contributed by atoms with Crippen molar-refractivity contribution in [3.05, 3.63) is 18.1 Å². The second-order valence-corrected chi connectivity index (χ2v) is 4.28. The summed E-state index contributed by atoms with van der Waals surface area (Å²) >= 11 is 0. The van der Waals surface area contributed by atoms with Gasteiger partial charge in [0.15, 0.2) is 0 Å². The Kier molecular flexibility index (Phi) is 3.03. The van der Waals surface area contributed by atoms with Gasteiger partial charge in [-0.1, -0.05) is 6.92 Å². The summed E-state index contributed by atoms with van der Waals surface area (Å²) in [4.78, 5) is 19.8. The Bertz CT molecular complexity index is 370. The lowest BCUT2D eigenvalue weighted by Crippen LogP contribution is -2.43. The molecule has 0 atom stereocenters. The van der Waals surface area contributed by atoms with Crippen molar-refractivity contribution in [2.24, 2.45) is 5.92 Å². The molecule has 1 amide bonds. The first-order chi connectivity index (χ1) is 7.69. The molecular formula is C11H16N4O. The summed E-state index contributed by atoms with van der Waals surface area (Å²) in [6.45, 7) is 2.18. The Labute approximate surface area is 94.7 Å². The van der Waals surface area contributed by atoms with Gasteiger partial charge in [-0.25, -0.2) is 9.97 Å². The molecule has 0 aliphatic heterocycles. The van der Waals surface area contributed by atoms with Gasteiger partial charge in [0.25, 0.3) is 5.91 Å². The third-order valence-electron chi connectivity index (χ3n) is 2.85. The molecule has 5 nitrogen and oxygen atoms in total. The minimum atomic E-state index is -0.132. The van der Waals surface area contributed by atoms with E-state index in [9.17, 15) is 4.79 Å². The van der Waals surface area contributed by atoms with E-state index in [2.05, 4.69) is 27.5 Å². The molecule has 2 rings (SSSR count). The van der Waals surface area contributed by atoms with E-state index in [1.54, 1.807) is 13.2 Å². The molecule has 1 aliphatic rings. The van der Waals surface area contributed by atoms with Gasteiger partial charge in [0, 0.05) is 13.1 Å². The van der Waals surface area contributed by atoms with E-state index in [4.69, 9.17) is 0 Å². The molecule has 16 heavy (non-hydrogen) atoms. The number of hydrogen-bond acceptors (Lipinski definition) is 4. The molecule has 86 valence electrons. The van der Waals surface area contributed by atoms with E-state index in [-0.39, 0.29) is 5.91 Å². The number of carbonyl (C=O) groups is 1. The van der Waals surface area contributed by atoms with Crippen molar-refractivity contribution in [3.63, 3.8) is 0 Å². The third kappa shape index (κ3) is 2.29. The quantitative estimate of drug-likeness (QED) is 0.799. The van der Waals surface area contributed by atoms with Crippen LogP contribution in [0.4, 0.5) is 5.82 Å². The lowest BCUT2D eigenvalue weighted by Gasteiger charge is -2.33. The van der Waals surface area contributed by atoms with Crippen LogP contribution in [0.25, 0.3) is 0 Å². The number of anilines is 1. The first kappa shape index (κ1) is 10.9. The van der Waals surface area contributed by atoms with Crippen molar-refractivity contribution in [2.45, 2.75) is 25.8 Å². The summed E-state index contributed by atoms with van der Waals surface area (Å²) in [5, 5.41) is 5.80. The molecule has 5 heteroatoms. The Morgan fingerprint density at radius 3 is 2.62 bits per heavy atom. The largest absolute Gasteiger partial charge is 0.372 e. The summed E-state index contributed by atoms with van der Waals surface area (Å²) in [5.74, 6) is 1.25. The summed E-state index contributed by atoms with van der Waals surface area (Å²) in [6.07, 6.45) is 5.17. The summed E-state index contributed by atoms with van der Waals surface area (Å²) in [6, 6.07) is 0.313. The first-order valence-corrected chi connectivity index (χ1v) is 5.49. The Hall–Kier alpha value is -1.65. The number of nitrogens with one attached hydrogen (secondary N) is 2.